The van der Waals surface area contributed by atoms with Crippen LogP contribution in [0.3, 0.4) is 0 Å². The number of carbonyl (C=O) groups excluding carboxylic acids is 1. The molecule has 1 aliphatic rings. The van der Waals surface area contributed by atoms with Crippen molar-refractivity contribution in [3.05, 3.63) is 23.0 Å². The number of nitriles is 1. The second kappa shape index (κ2) is 4.47. The molecule has 0 saturated heterocycles. The SMILES string of the molecule is COC(=O)/C(C#N)=C/C1=C(O)CCC1. The van der Waals surface area contributed by atoms with Crippen LogP contribution in [0.15, 0.2) is 23.0 Å². The molecular weight excluding hydrogens is 182 g/mol. The van der Waals surface area contributed by atoms with Crippen LogP contribution in [-0.2, 0) is 9.53 Å². The van der Waals surface area contributed by atoms with Gasteiger partial charge in [0.05, 0.1) is 12.9 Å². The van der Waals surface area contributed by atoms with Gasteiger partial charge in [-0.25, -0.2) is 4.79 Å². The number of allylic oxidation sites excluding steroid dienone is 3. The zero-order valence-corrected chi connectivity index (χ0v) is 7.91. The van der Waals surface area contributed by atoms with E-state index in [1.165, 1.54) is 13.2 Å². The van der Waals surface area contributed by atoms with Crippen molar-refractivity contribution in [1.29, 1.82) is 5.26 Å². The number of aliphatic hydroxyl groups excluding tert-OH is 1. The minimum absolute atomic E-state index is 0.0732. The largest absolute Gasteiger partial charge is 0.512 e. The molecule has 1 aliphatic carbocycles. The molecule has 0 aromatic carbocycles. The van der Waals surface area contributed by atoms with Gasteiger partial charge in [-0.05, 0) is 24.5 Å². The van der Waals surface area contributed by atoms with Crippen LogP contribution in [0, 0.1) is 11.3 Å². The number of rotatable bonds is 2. The molecule has 4 nitrogen and oxygen atoms in total. The summed E-state index contributed by atoms with van der Waals surface area (Å²) in [6.07, 6.45) is 3.57. The normalized spacial score (nSPS) is 16.7. The first-order valence-corrected chi connectivity index (χ1v) is 4.30. The van der Waals surface area contributed by atoms with Crippen LogP contribution in [0.4, 0.5) is 0 Å². The van der Waals surface area contributed by atoms with Gasteiger partial charge in [0.1, 0.15) is 11.6 Å². The summed E-state index contributed by atoms with van der Waals surface area (Å²) in [6, 6.07) is 1.74. The minimum atomic E-state index is -0.667. The molecule has 0 atom stereocenters. The fourth-order valence-corrected chi connectivity index (χ4v) is 1.33. The van der Waals surface area contributed by atoms with Crippen LogP contribution >= 0.6 is 0 Å². The molecule has 0 spiro atoms. The lowest BCUT2D eigenvalue weighted by Crippen LogP contribution is -2.03. The Morgan fingerprint density at radius 3 is 2.79 bits per heavy atom. The second-order valence-electron chi connectivity index (χ2n) is 2.99. The van der Waals surface area contributed by atoms with Gasteiger partial charge in [0.2, 0.25) is 0 Å². The Bertz CT molecular complexity index is 347. The summed E-state index contributed by atoms with van der Waals surface area (Å²) in [4.78, 5) is 11.0. The van der Waals surface area contributed by atoms with Crippen molar-refractivity contribution >= 4 is 5.97 Å². The summed E-state index contributed by atoms with van der Waals surface area (Å²) in [7, 11) is 1.22. The highest BCUT2D eigenvalue weighted by atomic mass is 16.5. The van der Waals surface area contributed by atoms with E-state index in [2.05, 4.69) is 4.74 Å². The van der Waals surface area contributed by atoms with E-state index in [0.29, 0.717) is 18.4 Å². The first-order chi connectivity index (χ1) is 6.69. The quantitative estimate of drug-likeness (QED) is 0.411. The molecule has 4 heteroatoms. The molecule has 0 aromatic heterocycles. The lowest BCUT2D eigenvalue weighted by Gasteiger charge is -1.97. The van der Waals surface area contributed by atoms with Crippen LogP contribution in [0.2, 0.25) is 0 Å². The summed E-state index contributed by atoms with van der Waals surface area (Å²) in [5.74, 6) is -0.402. The summed E-state index contributed by atoms with van der Waals surface area (Å²) in [5.41, 5.74) is 0.586. The molecule has 0 saturated carbocycles. The van der Waals surface area contributed by atoms with Crippen molar-refractivity contribution in [3.8, 4) is 6.07 Å². The molecule has 0 heterocycles. The summed E-state index contributed by atoms with van der Waals surface area (Å²) >= 11 is 0. The number of hydrogen-bond acceptors (Lipinski definition) is 4. The Hall–Kier alpha value is -1.76. The number of ether oxygens (including phenoxy) is 1. The van der Waals surface area contributed by atoms with Crippen molar-refractivity contribution in [2.45, 2.75) is 19.3 Å². The molecule has 1 rings (SSSR count). The molecule has 0 bridgehead atoms. The van der Waals surface area contributed by atoms with Crippen LogP contribution in [0.1, 0.15) is 19.3 Å². The Morgan fingerprint density at radius 1 is 1.64 bits per heavy atom. The highest BCUT2D eigenvalue weighted by Crippen LogP contribution is 2.25. The number of methoxy groups -OCH3 is 1. The van der Waals surface area contributed by atoms with E-state index < -0.39 is 5.97 Å². The molecule has 0 fully saturated rings. The van der Waals surface area contributed by atoms with E-state index in [4.69, 9.17) is 5.26 Å². The van der Waals surface area contributed by atoms with Crippen molar-refractivity contribution in [3.63, 3.8) is 0 Å². The van der Waals surface area contributed by atoms with Crippen LogP contribution in [0.25, 0.3) is 0 Å². The molecule has 0 aromatic rings. The van der Waals surface area contributed by atoms with Crippen molar-refractivity contribution in [1.82, 2.24) is 0 Å². The highest BCUT2D eigenvalue weighted by molar-refractivity contribution is 5.93. The van der Waals surface area contributed by atoms with Crippen molar-refractivity contribution < 1.29 is 14.6 Å². The predicted octanol–water partition coefficient (Wildman–Crippen LogP) is 1.61. The van der Waals surface area contributed by atoms with Crippen molar-refractivity contribution in [2.75, 3.05) is 7.11 Å². The van der Waals surface area contributed by atoms with E-state index in [-0.39, 0.29) is 11.3 Å². The van der Waals surface area contributed by atoms with E-state index in [1.807, 2.05) is 0 Å². The van der Waals surface area contributed by atoms with Crippen molar-refractivity contribution in [2.24, 2.45) is 0 Å². The highest BCUT2D eigenvalue weighted by Gasteiger charge is 2.15. The number of nitrogens with zero attached hydrogens (tertiary/aromatic N) is 1. The summed E-state index contributed by atoms with van der Waals surface area (Å²) < 4.78 is 4.41. The van der Waals surface area contributed by atoms with E-state index in [9.17, 15) is 9.90 Å². The maximum absolute atomic E-state index is 11.0. The molecule has 74 valence electrons. The molecular formula is C10H11NO3. The molecule has 0 unspecified atom stereocenters. The zero-order chi connectivity index (χ0) is 10.6. The van der Waals surface area contributed by atoms with E-state index in [1.54, 1.807) is 6.07 Å². The molecule has 1 N–H and O–H groups in total. The van der Waals surface area contributed by atoms with Crippen LogP contribution in [0.5, 0.6) is 0 Å². The summed E-state index contributed by atoms with van der Waals surface area (Å²) in [6.45, 7) is 0. The third-order valence-corrected chi connectivity index (χ3v) is 2.07. The molecule has 0 aliphatic heterocycles. The van der Waals surface area contributed by atoms with Gasteiger partial charge < -0.3 is 9.84 Å². The number of hydrogen-bond donors (Lipinski definition) is 1. The van der Waals surface area contributed by atoms with E-state index in [0.717, 1.165) is 6.42 Å². The predicted molar refractivity (Wildman–Crippen MR) is 49.2 cm³/mol. The minimum Gasteiger partial charge on any atom is -0.512 e. The zero-order valence-electron chi connectivity index (χ0n) is 7.91. The number of carbonyl (C=O) groups is 1. The maximum Gasteiger partial charge on any atom is 0.348 e. The second-order valence-corrected chi connectivity index (χ2v) is 2.99. The maximum atomic E-state index is 11.0. The fourth-order valence-electron chi connectivity index (χ4n) is 1.33. The summed E-state index contributed by atoms with van der Waals surface area (Å²) in [5, 5.41) is 18.0. The topological polar surface area (TPSA) is 70.3 Å². The van der Waals surface area contributed by atoms with E-state index >= 15 is 0 Å². The Balaban J connectivity index is 2.90. The Labute approximate surface area is 82.1 Å². The van der Waals surface area contributed by atoms with Crippen LogP contribution < -0.4 is 0 Å². The third kappa shape index (κ3) is 2.13. The van der Waals surface area contributed by atoms with Gasteiger partial charge in [-0.3, -0.25) is 0 Å². The standard InChI is InChI=1S/C10H11NO3/c1-14-10(13)8(6-11)5-7-3-2-4-9(7)12/h5,12H,2-4H2,1H3/b8-5+. The fraction of sp³-hybridized carbons (Fsp3) is 0.400. The monoisotopic (exact) mass is 193 g/mol. The van der Waals surface area contributed by atoms with Gasteiger partial charge in [-0.1, -0.05) is 0 Å². The molecule has 0 amide bonds. The first kappa shape index (κ1) is 10.3. The lowest BCUT2D eigenvalue weighted by atomic mass is 10.1. The van der Waals surface area contributed by atoms with Gasteiger partial charge in [-0.15, -0.1) is 0 Å². The van der Waals surface area contributed by atoms with Gasteiger partial charge in [0.25, 0.3) is 0 Å². The molecule has 0 radical (unpaired) electrons. The Morgan fingerprint density at radius 2 is 2.36 bits per heavy atom. The number of aliphatic hydroxyl groups is 1. The Kier molecular flexibility index (Phi) is 3.29. The number of esters is 1. The van der Waals surface area contributed by atoms with Crippen LogP contribution in [-0.4, -0.2) is 18.2 Å². The average molecular weight is 193 g/mol. The first-order valence-electron chi connectivity index (χ1n) is 4.30. The lowest BCUT2D eigenvalue weighted by molar-refractivity contribution is -0.135. The van der Waals surface area contributed by atoms with Gasteiger partial charge >= 0.3 is 5.97 Å². The third-order valence-electron chi connectivity index (χ3n) is 2.07. The molecule has 14 heavy (non-hydrogen) atoms. The van der Waals surface area contributed by atoms with Gasteiger partial charge in [0, 0.05) is 6.42 Å². The van der Waals surface area contributed by atoms with Gasteiger partial charge in [0.15, 0.2) is 0 Å². The smallest absolute Gasteiger partial charge is 0.348 e. The average Bonchev–Trinajstić information content (AvgIpc) is 2.59. The van der Waals surface area contributed by atoms with Gasteiger partial charge in [-0.2, -0.15) is 5.26 Å².